The van der Waals surface area contributed by atoms with Crippen LogP contribution in [0.15, 0.2) is 23.2 Å². The molecule has 0 amide bonds. The number of rotatable bonds is 4. The molecule has 0 bridgehead atoms. The van der Waals surface area contributed by atoms with Crippen molar-refractivity contribution in [1.29, 1.82) is 0 Å². The molecular formula is C13H19ClFN3. The van der Waals surface area contributed by atoms with Crippen LogP contribution in [0.1, 0.15) is 19.4 Å². The summed E-state index contributed by atoms with van der Waals surface area (Å²) in [5.74, 6) is 0.438. The van der Waals surface area contributed by atoms with E-state index in [1.54, 1.807) is 19.2 Å². The Morgan fingerprint density at radius 2 is 2.17 bits per heavy atom. The Morgan fingerprint density at radius 1 is 1.44 bits per heavy atom. The highest BCUT2D eigenvalue weighted by atomic mass is 35.5. The van der Waals surface area contributed by atoms with E-state index in [1.165, 1.54) is 6.07 Å². The van der Waals surface area contributed by atoms with Gasteiger partial charge in [-0.25, -0.2) is 4.39 Å². The summed E-state index contributed by atoms with van der Waals surface area (Å²) in [7, 11) is 1.70. The zero-order valence-electron chi connectivity index (χ0n) is 10.9. The predicted octanol–water partition coefficient (Wildman–Crippen LogP) is 2.60. The Morgan fingerprint density at radius 3 is 2.72 bits per heavy atom. The third-order valence-electron chi connectivity index (χ3n) is 2.38. The summed E-state index contributed by atoms with van der Waals surface area (Å²) < 4.78 is 13.5. The Kier molecular flexibility index (Phi) is 5.92. The van der Waals surface area contributed by atoms with Gasteiger partial charge >= 0.3 is 0 Å². The molecule has 1 aromatic carbocycles. The number of aliphatic imine (C=N–C) groups is 1. The molecule has 100 valence electrons. The second-order valence-electron chi connectivity index (χ2n) is 4.25. The molecule has 1 rings (SSSR count). The van der Waals surface area contributed by atoms with Gasteiger partial charge in [-0.3, -0.25) is 4.99 Å². The lowest BCUT2D eigenvalue weighted by atomic mass is 10.1. The van der Waals surface area contributed by atoms with Crippen molar-refractivity contribution in [2.45, 2.75) is 26.3 Å². The van der Waals surface area contributed by atoms with Crippen LogP contribution in [0.5, 0.6) is 0 Å². The number of hydrogen-bond acceptors (Lipinski definition) is 1. The summed E-state index contributed by atoms with van der Waals surface area (Å²) in [6.45, 7) is 4.63. The maximum atomic E-state index is 13.5. The molecule has 2 N–H and O–H groups in total. The monoisotopic (exact) mass is 271 g/mol. The molecule has 0 radical (unpaired) electrons. The van der Waals surface area contributed by atoms with E-state index >= 15 is 0 Å². The van der Waals surface area contributed by atoms with Crippen LogP contribution < -0.4 is 10.6 Å². The minimum absolute atomic E-state index is 0.267. The molecule has 0 spiro atoms. The van der Waals surface area contributed by atoms with Crippen LogP contribution in [0.4, 0.5) is 4.39 Å². The first-order chi connectivity index (χ1) is 8.54. The van der Waals surface area contributed by atoms with Crippen molar-refractivity contribution in [2.24, 2.45) is 4.99 Å². The SMILES string of the molecule is CN=C(NCCc1c(F)cccc1Cl)NC(C)C. The molecule has 1 aromatic rings. The summed E-state index contributed by atoms with van der Waals surface area (Å²) >= 11 is 5.95. The molecule has 0 unspecified atom stereocenters. The first kappa shape index (κ1) is 14.8. The summed E-state index contributed by atoms with van der Waals surface area (Å²) in [6.07, 6.45) is 0.518. The van der Waals surface area contributed by atoms with Gasteiger partial charge in [0.2, 0.25) is 0 Å². The molecule has 0 saturated carbocycles. The Hall–Kier alpha value is -1.29. The molecule has 0 heterocycles. The lowest BCUT2D eigenvalue weighted by molar-refractivity contribution is 0.606. The predicted molar refractivity (Wildman–Crippen MR) is 74.7 cm³/mol. The third kappa shape index (κ3) is 4.53. The van der Waals surface area contributed by atoms with Gasteiger partial charge in [0.15, 0.2) is 5.96 Å². The molecule has 3 nitrogen and oxygen atoms in total. The molecule has 18 heavy (non-hydrogen) atoms. The van der Waals surface area contributed by atoms with E-state index in [9.17, 15) is 4.39 Å². The number of nitrogens with one attached hydrogen (secondary N) is 2. The van der Waals surface area contributed by atoms with Crippen LogP contribution in [-0.2, 0) is 6.42 Å². The highest BCUT2D eigenvalue weighted by Crippen LogP contribution is 2.18. The van der Waals surface area contributed by atoms with Gasteiger partial charge in [0.1, 0.15) is 5.82 Å². The molecule has 5 heteroatoms. The Labute approximate surface area is 112 Å². The van der Waals surface area contributed by atoms with Gasteiger partial charge < -0.3 is 10.6 Å². The Bertz CT molecular complexity index is 398. The molecule has 0 fully saturated rings. The van der Waals surface area contributed by atoms with Crippen molar-refractivity contribution in [3.8, 4) is 0 Å². The lowest BCUT2D eigenvalue weighted by Crippen LogP contribution is -2.41. The smallest absolute Gasteiger partial charge is 0.191 e. The second kappa shape index (κ2) is 7.21. The quantitative estimate of drug-likeness (QED) is 0.652. The van der Waals surface area contributed by atoms with Gasteiger partial charge in [-0.1, -0.05) is 17.7 Å². The van der Waals surface area contributed by atoms with E-state index in [0.29, 0.717) is 35.6 Å². The van der Waals surface area contributed by atoms with Crippen LogP contribution in [0.25, 0.3) is 0 Å². The van der Waals surface area contributed by atoms with Gasteiger partial charge in [0.05, 0.1) is 0 Å². The topological polar surface area (TPSA) is 36.4 Å². The normalized spacial score (nSPS) is 11.8. The molecule has 0 aliphatic carbocycles. The summed E-state index contributed by atoms with van der Waals surface area (Å²) in [5.41, 5.74) is 0.534. The summed E-state index contributed by atoms with van der Waals surface area (Å²) in [4.78, 5) is 4.07. The fourth-order valence-corrected chi connectivity index (χ4v) is 1.80. The van der Waals surface area contributed by atoms with E-state index in [4.69, 9.17) is 11.6 Å². The molecule has 0 aliphatic rings. The lowest BCUT2D eigenvalue weighted by Gasteiger charge is -2.14. The first-order valence-corrected chi connectivity index (χ1v) is 6.32. The molecule has 0 saturated heterocycles. The van der Waals surface area contributed by atoms with E-state index in [2.05, 4.69) is 15.6 Å². The number of guanidine groups is 1. The van der Waals surface area contributed by atoms with Gasteiger partial charge in [-0.2, -0.15) is 0 Å². The van der Waals surface area contributed by atoms with Crippen LogP contribution in [0.2, 0.25) is 5.02 Å². The summed E-state index contributed by atoms with van der Waals surface area (Å²) in [6, 6.07) is 5.02. The van der Waals surface area contributed by atoms with E-state index in [0.717, 1.165) is 0 Å². The minimum atomic E-state index is -0.267. The van der Waals surface area contributed by atoms with E-state index in [-0.39, 0.29) is 5.82 Å². The van der Waals surface area contributed by atoms with Crippen molar-refractivity contribution in [3.05, 3.63) is 34.6 Å². The van der Waals surface area contributed by atoms with Crippen molar-refractivity contribution >= 4 is 17.6 Å². The van der Waals surface area contributed by atoms with E-state index < -0.39 is 0 Å². The first-order valence-electron chi connectivity index (χ1n) is 5.94. The molecule has 0 atom stereocenters. The standard InChI is InChI=1S/C13H19ClFN3/c1-9(2)18-13(16-3)17-8-7-10-11(14)5-4-6-12(10)15/h4-6,9H,7-8H2,1-3H3,(H2,16,17,18). The molecular weight excluding hydrogens is 253 g/mol. The van der Waals surface area contributed by atoms with Crippen molar-refractivity contribution < 1.29 is 4.39 Å². The molecule has 0 aromatic heterocycles. The molecule has 0 aliphatic heterocycles. The average molecular weight is 272 g/mol. The van der Waals surface area contributed by atoms with Crippen molar-refractivity contribution in [3.63, 3.8) is 0 Å². The highest BCUT2D eigenvalue weighted by Gasteiger charge is 2.07. The maximum absolute atomic E-state index is 13.5. The average Bonchev–Trinajstić information content (AvgIpc) is 2.31. The highest BCUT2D eigenvalue weighted by molar-refractivity contribution is 6.31. The number of halogens is 2. The van der Waals surface area contributed by atoms with Crippen LogP contribution in [0.3, 0.4) is 0 Å². The zero-order valence-corrected chi connectivity index (χ0v) is 11.7. The Balaban J connectivity index is 2.51. The number of hydrogen-bond donors (Lipinski definition) is 2. The van der Waals surface area contributed by atoms with Crippen LogP contribution in [0, 0.1) is 5.82 Å². The fourth-order valence-electron chi connectivity index (χ4n) is 1.55. The van der Waals surface area contributed by atoms with Gasteiger partial charge in [0.25, 0.3) is 0 Å². The minimum Gasteiger partial charge on any atom is -0.356 e. The van der Waals surface area contributed by atoms with Crippen LogP contribution >= 0.6 is 11.6 Å². The van der Waals surface area contributed by atoms with Gasteiger partial charge in [-0.15, -0.1) is 0 Å². The van der Waals surface area contributed by atoms with Crippen molar-refractivity contribution in [2.75, 3.05) is 13.6 Å². The van der Waals surface area contributed by atoms with Crippen LogP contribution in [-0.4, -0.2) is 25.6 Å². The fraction of sp³-hybridized carbons (Fsp3) is 0.462. The number of nitrogens with zero attached hydrogens (tertiary/aromatic N) is 1. The third-order valence-corrected chi connectivity index (χ3v) is 2.73. The second-order valence-corrected chi connectivity index (χ2v) is 4.66. The van der Waals surface area contributed by atoms with Crippen molar-refractivity contribution in [1.82, 2.24) is 10.6 Å². The van der Waals surface area contributed by atoms with Gasteiger partial charge in [0, 0.05) is 30.2 Å². The number of benzene rings is 1. The van der Waals surface area contributed by atoms with Gasteiger partial charge in [-0.05, 0) is 32.4 Å². The zero-order chi connectivity index (χ0) is 13.5. The largest absolute Gasteiger partial charge is 0.356 e. The van der Waals surface area contributed by atoms with E-state index in [1.807, 2.05) is 13.8 Å². The maximum Gasteiger partial charge on any atom is 0.191 e. The summed E-state index contributed by atoms with van der Waals surface area (Å²) in [5, 5.41) is 6.74.